The summed E-state index contributed by atoms with van der Waals surface area (Å²) < 4.78 is 12.2. The van der Waals surface area contributed by atoms with Crippen molar-refractivity contribution in [2.45, 2.75) is 25.8 Å². The topological polar surface area (TPSA) is 44.5 Å². The van der Waals surface area contributed by atoms with Crippen LogP contribution in [0.3, 0.4) is 0 Å². The van der Waals surface area contributed by atoms with Gasteiger partial charge in [0.05, 0.1) is 17.7 Å². The van der Waals surface area contributed by atoms with Crippen molar-refractivity contribution >= 4 is 15.9 Å². The highest BCUT2D eigenvalue weighted by Gasteiger charge is 2.23. The van der Waals surface area contributed by atoms with Crippen LogP contribution in [0.15, 0.2) is 16.6 Å². The Kier molecular flexibility index (Phi) is 3.13. The van der Waals surface area contributed by atoms with Crippen LogP contribution in [0.25, 0.3) is 0 Å². The Hall–Kier alpha value is -0.740. The van der Waals surface area contributed by atoms with E-state index in [1.165, 1.54) is 0 Å². The minimum atomic E-state index is -0.399. The minimum absolute atomic E-state index is 0.399. The van der Waals surface area contributed by atoms with Gasteiger partial charge in [-0.3, -0.25) is 0 Å². The maximum Gasteiger partial charge on any atom is 0.175 e. The monoisotopic (exact) mass is 285 g/mol. The number of fused-ring (bicyclic) bond motifs is 1. The Bertz CT molecular complexity index is 399. The molecule has 1 aliphatic heterocycles. The van der Waals surface area contributed by atoms with E-state index in [4.69, 9.17) is 15.2 Å². The van der Waals surface area contributed by atoms with Crippen LogP contribution < -0.4 is 15.2 Å². The number of halogens is 1. The average Bonchev–Trinajstić information content (AvgIpc) is 2.41. The molecule has 1 heterocycles. The average molecular weight is 286 g/mol. The number of benzene rings is 1. The van der Waals surface area contributed by atoms with Crippen LogP contribution in [-0.4, -0.2) is 13.2 Å². The molecule has 0 spiro atoms. The standard InChI is InChI=1S/C12H16BrNO2/c1-12(2,14)8-4-5-9-11(10(8)13)16-7-3-6-15-9/h4-5H,3,6-7,14H2,1-2H3. The highest BCUT2D eigenvalue weighted by atomic mass is 79.9. The molecule has 1 aliphatic rings. The van der Waals surface area contributed by atoms with E-state index in [1.54, 1.807) is 0 Å². The first-order chi connectivity index (χ1) is 7.50. The van der Waals surface area contributed by atoms with Crippen molar-refractivity contribution in [1.29, 1.82) is 0 Å². The van der Waals surface area contributed by atoms with Crippen molar-refractivity contribution in [3.63, 3.8) is 0 Å². The summed E-state index contributed by atoms with van der Waals surface area (Å²) >= 11 is 3.55. The van der Waals surface area contributed by atoms with Crippen molar-refractivity contribution in [2.75, 3.05) is 13.2 Å². The van der Waals surface area contributed by atoms with Gasteiger partial charge in [-0.2, -0.15) is 0 Å². The predicted molar refractivity (Wildman–Crippen MR) is 67.0 cm³/mol. The van der Waals surface area contributed by atoms with Gasteiger partial charge in [0.25, 0.3) is 0 Å². The minimum Gasteiger partial charge on any atom is -0.490 e. The summed E-state index contributed by atoms with van der Waals surface area (Å²) in [6, 6.07) is 3.91. The second kappa shape index (κ2) is 4.26. The van der Waals surface area contributed by atoms with Crippen LogP contribution in [0, 0.1) is 0 Å². The summed E-state index contributed by atoms with van der Waals surface area (Å²) in [4.78, 5) is 0. The Morgan fingerprint density at radius 3 is 2.62 bits per heavy atom. The van der Waals surface area contributed by atoms with Crippen LogP contribution in [0.5, 0.6) is 11.5 Å². The largest absolute Gasteiger partial charge is 0.490 e. The van der Waals surface area contributed by atoms with Crippen LogP contribution in [0.1, 0.15) is 25.8 Å². The van der Waals surface area contributed by atoms with Crippen LogP contribution in [0.2, 0.25) is 0 Å². The van der Waals surface area contributed by atoms with Gasteiger partial charge in [0.1, 0.15) is 0 Å². The number of hydrogen-bond donors (Lipinski definition) is 1. The lowest BCUT2D eigenvalue weighted by molar-refractivity contribution is 0.296. The predicted octanol–water partition coefficient (Wildman–Crippen LogP) is 2.80. The van der Waals surface area contributed by atoms with Gasteiger partial charge in [0, 0.05) is 12.0 Å². The zero-order valence-electron chi connectivity index (χ0n) is 9.55. The summed E-state index contributed by atoms with van der Waals surface area (Å²) in [6.07, 6.45) is 0.905. The van der Waals surface area contributed by atoms with E-state index in [1.807, 2.05) is 26.0 Å². The zero-order chi connectivity index (χ0) is 11.8. The molecule has 1 aromatic rings. The lowest BCUT2D eigenvalue weighted by Gasteiger charge is -2.23. The fourth-order valence-electron chi connectivity index (χ4n) is 1.70. The lowest BCUT2D eigenvalue weighted by atomic mass is 9.95. The van der Waals surface area contributed by atoms with Gasteiger partial charge in [-0.1, -0.05) is 6.07 Å². The fraction of sp³-hybridized carbons (Fsp3) is 0.500. The molecule has 3 nitrogen and oxygen atoms in total. The van der Waals surface area contributed by atoms with Gasteiger partial charge in [0.15, 0.2) is 11.5 Å². The van der Waals surface area contributed by atoms with E-state index in [-0.39, 0.29) is 0 Å². The first-order valence-corrected chi connectivity index (χ1v) is 6.17. The molecule has 4 heteroatoms. The molecule has 1 aromatic carbocycles. The van der Waals surface area contributed by atoms with E-state index >= 15 is 0 Å². The molecule has 0 aliphatic carbocycles. The van der Waals surface area contributed by atoms with E-state index in [0.717, 1.165) is 28.0 Å². The maximum atomic E-state index is 6.10. The third-order valence-corrected chi connectivity index (χ3v) is 3.34. The molecular weight excluding hydrogens is 270 g/mol. The Morgan fingerprint density at radius 1 is 1.25 bits per heavy atom. The molecule has 0 fully saturated rings. The fourth-order valence-corrected chi connectivity index (χ4v) is 2.65. The van der Waals surface area contributed by atoms with Gasteiger partial charge >= 0.3 is 0 Å². The Morgan fingerprint density at radius 2 is 1.94 bits per heavy atom. The highest BCUT2D eigenvalue weighted by Crippen LogP contribution is 2.41. The molecular formula is C12H16BrNO2. The van der Waals surface area contributed by atoms with Gasteiger partial charge in [-0.15, -0.1) is 0 Å². The molecule has 2 N–H and O–H groups in total. The van der Waals surface area contributed by atoms with Gasteiger partial charge in [-0.25, -0.2) is 0 Å². The summed E-state index contributed by atoms with van der Waals surface area (Å²) in [5.41, 5.74) is 6.73. The number of hydrogen-bond acceptors (Lipinski definition) is 3. The molecule has 2 rings (SSSR count). The van der Waals surface area contributed by atoms with Crippen LogP contribution in [-0.2, 0) is 5.54 Å². The van der Waals surface area contributed by atoms with E-state index in [9.17, 15) is 0 Å². The maximum absolute atomic E-state index is 6.10. The molecule has 0 saturated carbocycles. The molecule has 0 radical (unpaired) electrons. The third-order valence-electron chi connectivity index (χ3n) is 2.55. The highest BCUT2D eigenvalue weighted by molar-refractivity contribution is 9.10. The van der Waals surface area contributed by atoms with Gasteiger partial charge in [0.2, 0.25) is 0 Å². The molecule has 0 aromatic heterocycles. The quantitative estimate of drug-likeness (QED) is 0.863. The van der Waals surface area contributed by atoms with Crippen LogP contribution in [0.4, 0.5) is 0 Å². The molecule has 0 bridgehead atoms. The molecule has 0 unspecified atom stereocenters. The van der Waals surface area contributed by atoms with Crippen molar-refractivity contribution in [1.82, 2.24) is 0 Å². The van der Waals surface area contributed by atoms with Crippen molar-refractivity contribution in [2.24, 2.45) is 5.73 Å². The van der Waals surface area contributed by atoms with Crippen molar-refractivity contribution in [3.8, 4) is 11.5 Å². The first-order valence-electron chi connectivity index (χ1n) is 5.37. The number of nitrogens with two attached hydrogens (primary N) is 1. The Labute approximate surface area is 104 Å². The molecule has 0 atom stereocenters. The number of ether oxygens (including phenoxy) is 2. The van der Waals surface area contributed by atoms with Gasteiger partial charge in [-0.05, 0) is 41.4 Å². The lowest BCUT2D eigenvalue weighted by Crippen LogP contribution is -2.29. The summed E-state index contributed by atoms with van der Waals surface area (Å²) in [6.45, 7) is 5.32. The van der Waals surface area contributed by atoms with E-state index in [2.05, 4.69) is 15.9 Å². The van der Waals surface area contributed by atoms with E-state index < -0.39 is 5.54 Å². The third kappa shape index (κ3) is 2.18. The first kappa shape index (κ1) is 11.7. The Balaban J connectivity index is 2.50. The molecule has 88 valence electrons. The summed E-state index contributed by atoms with van der Waals surface area (Å²) in [5, 5.41) is 0. The van der Waals surface area contributed by atoms with Crippen molar-refractivity contribution < 1.29 is 9.47 Å². The summed E-state index contributed by atoms with van der Waals surface area (Å²) in [5.74, 6) is 1.56. The SMILES string of the molecule is CC(C)(N)c1ccc2c(c1Br)OCCCO2. The molecule has 0 saturated heterocycles. The smallest absolute Gasteiger partial charge is 0.175 e. The normalized spacial score (nSPS) is 15.8. The molecule has 0 amide bonds. The van der Waals surface area contributed by atoms with Gasteiger partial charge < -0.3 is 15.2 Å². The van der Waals surface area contributed by atoms with E-state index in [0.29, 0.717) is 13.2 Å². The second-order valence-electron chi connectivity index (χ2n) is 4.53. The van der Waals surface area contributed by atoms with Crippen LogP contribution >= 0.6 is 15.9 Å². The summed E-state index contributed by atoms with van der Waals surface area (Å²) in [7, 11) is 0. The van der Waals surface area contributed by atoms with Crippen molar-refractivity contribution in [3.05, 3.63) is 22.2 Å². The zero-order valence-corrected chi connectivity index (χ0v) is 11.1. The molecule has 16 heavy (non-hydrogen) atoms. The second-order valence-corrected chi connectivity index (χ2v) is 5.32. The number of rotatable bonds is 1.